The van der Waals surface area contributed by atoms with Crippen molar-refractivity contribution in [2.24, 2.45) is 0 Å². The number of rotatable bonds is 3. The van der Waals surface area contributed by atoms with Gasteiger partial charge in [0.15, 0.2) is 0 Å². The maximum Gasteiger partial charge on any atom is 0.325 e. The molecule has 0 radical (unpaired) electrons. The molecule has 2 N–H and O–H groups in total. The van der Waals surface area contributed by atoms with Crippen molar-refractivity contribution in [3.05, 3.63) is 11.3 Å². The van der Waals surface area contributed by atoms with Crippen molar-refractivity contribution in [1.82, 2.24) is 10.6 Å². The van der Waals surface area contributed by atoms with Gasteiger partial charge < -0.3 is 10.1 Å². The molecule has 0 aromatic heterocycles. The van der Waals surface area contributed by atoms with E-state index in [0.29, 0.717) is 6.41 Å². The largest absolute Gasteiger partial charge is 0.375 e. The Bertz CT molecular complexity index is 286. The molecular formula is C10H16N2O3. The van der Waals surface area contributed by atoms with Crippen LogP contribution in [0, 0.1) is 0 Å². The highest BCUT2D eigenvalue weighted by atomic mass is 16.5. The zero-order valence-electron chi connectivity index (χ0n) is 9.00. The number of imide groups is 1. The van der Waals surface area contributed by atoms with E-state index in [9.17, 15) is 9.59 Å². The lowest BCUT2D eigenvalue weighted by Gasteiger charge is -2.26. The maximum absolute atomic E-state index is 11.2. The fourth-order valence-corrected chi connectivity index (χ4v) is 1.74. The molecule has 0 saturated heterocycles. The summed E-state index contributed by atoms with van der Waals surface area (Å²) in [7, 11) is 1.61. The lowest BCUT2D eigenvalue weighted by molar-refractivity contribution is -0.108. The van der Waals surface area contributed by atoms with Crippen LogP contribution in [0.25, 0.3) is 0 Å². The van der Waals surface area contributed by atoms with Crippen molar-refractivity contribution in [2.75, 3.05) is 7.11 Å². The Morgan fingerprint density at radius 2 is 2.33 bits per heavy atom. The van der Waals surface area contributed by atoms with Crippen LogP contribution in [0.5, 0.6) is 0 Å². The standard InChI is InChI=1S/C10H16N2O3/c1-7-4-3-5-8(15-2)9(7)12-10(14)11-6-13/h6,8H,3-5H2,1-2H3,(H2,11,12,13,14). The Labute approximate surface area is 88.9 Å². The predicted molar refractivity (Wildman–Crippen MR) is 55.1 cm³/mol. The normalized spacial score (nSPS) is 21.1. The predicted octanol–water partition coefficient (Wildman–Crippen LogP) is 0.915. The molecule has 1 aliphatic carbocycles. The second kappa shape index (κ2) is 5.50. The highest BCUT2D eigenvalue weighted by Gasteiger charge is 2.22. The molecule has 5 nitrogen and oxygen atoms in total. The SMILES string of the molecule is COC1CCCC(C)=C1NC(=O)NC=O. The quantitative estimate of drug-likeness (QED) is 0.683. The molecule has 84 valence electrons. The lowest BCUT2D eigenvalue weighted by Crippen LogP contribution is -2.39. The summed E-state index contributed by atoms with van der Waals surface area (Å²) >= 11 is 0. The topological polar surface area (TPSA) is 67.4 Å². The van der Waals surface area contributed by atoms with Crippen molar-refractivity contribution in [3.8, 4) is 0 Å². The summed E-state index contributed by atoms with van der Waals surface area (Å²) in [5.74, 6) is 0. The van der Waals surface area contributed by atoms with Gasteiger partial charge in [-0.1, -0.05) is 5.57 Å². The monoisotopic (exact) mass is 212 g/mol. The molecule has 5 heteroatoms. The van der Waals surface area contributed by atoms with Gasteiger partial charge in [-0.2, -0.15) is 0 Å². The third-order valence-electron chi connectivity index (χ3n) is 2.52. The van der Waals surface area contributed by atoms with Crippen LogP contribution in [0.4, 0.5) is 4.79 Å². The van der Waals surface area contributed by atoms with Crippen molar-refractivity contribution >= 4 is 12.4 Å². The number of amides is 3. The summed E-state index contributed by atoms with van der Waals surface area (Å²) in [6.45, 7) is 1.96. The lowest BCUT2D eigenvalue weighted by atomic mass is 9.95. The van der Waals surface area contributed by atoms with Gasteiger partial charge in [-0.3, -0.25) is 10.1 Å². The summed E-state index contributed by atoms with van der Waals surface area (Å²) in [5, 5.41) is 4.68. The minimum Gasteiger partial charge on any atom is -0.375 e. The number of hydrogen-bond acceptors (Lipinski definition) is 3. The fraction of sp³-hybridized carbons (Fsp3) is 0.600. The first-order valence-corrected chi connectivity index (χ1v) is 4.92. The van der Waals surface area contributed by atoms with Crippen molar-refractivity contribution in [1.29, 1.82) is 0 Å². The summed E-state index contributed by atoms with van der Waals surface area (Å²) in [6, 6.07) is -0.511. The number of methoxy groups -OCH3 is 1. The Morgan fingerprint density at radius 3 is 2.93 bits per heavy atom. The van der Waals surface area contributed by atoms with Gasteiger partial charge in [0.25, 0.3) is 0 Å². The molecule has 0 aromatic rings. The molecule has 0 aliphatic heterocycles. The summed E-state index contributed by atoms with van der Waals surface area (Å²) in [5.41, 5.74) is 1.89. The zero-order chi connectivity index (χ0) is 11.3. The molecule has 1 atom stereocenters. The van der Waals surface area contributed by atoms with Crippen LogP contribution < -0.4 is 10.6 Å². The molecule has 1 rings (SSSR count). The highest BCUT2D eigenvalue weighted by molar-refractivity contribution is 5.85. The van der Waals surface area contributed by atoms with Crippen LogP contribution in [-0.2, 0) is 9.53 Å². The number of nitrogens with one attached hydrogen (secondary N) is 2. The van der Waals surface area contributed by atoms with Gasteiger partial charge >= 0.3 is 6.03 Å². The summed E-state index contributed by atoms with van der Waals surface area (Å²) in [4.78, 5) is 21.2. The molecule has 0 fully saturated rings. The fourth-order valence-electron chi connectivity index (χ4n) is 1.74. The van der Waals surface area contributed by atoms with Gasteiger partial charge in [0.2, 0.25) is 6.41 Å². The average molecular weight is 212 g/mol. The number of urea groups is 1. The number of ether oxygens (including phenoxy) is 1. The molecular weight excluding hydrogens is 196 g/mol. The minimum absolute atomic E-state index is 0.0730. The molecule has 3 amide bonds. The Hall–Kier alpha value is -1.36. The first kappa shape index (κ1) is 11.7. The van der Waals surface area contributed by atoms with Crippen LogP contribution in [0.2, 0.25) is 0 Å². The third-order valence-corrected chi connectivity index (χ3v) is 2.52. The Morgan fingerprint density at radius 1 is 1.60 bits per heavy atom. The molecule has 15 heavy (non-hydrogen) atoms. The van der Waals surface area contributed by atoms with Gasteiger partial charge in [0.1, 0.15) is 0 Å². The Kier molecular flexibility index (Phi) is 4.30. The van der Waals surface area contributed by atoms with Crippen LogP contribution in [0.3, 0.4) is 0 Å². The van der Waals surface area contributed by atoms with E-state index in [2.05, 4.69) is 5.32 Å². The van der Waals surface area contributed by atoms with Crippen LogP contribution in [0.15, 0.2) is 11.3 Å². The summed E-state index contributed by atoms with van der Waals surface area (Å²) < 4.78 is 5.26. The zero-order valence-corrected chi connectivity index (χ0v) is 9.00. The first-order valence-electron chi connectivity index (χ1n) is 4.92. The minimum atomic E-state index is -0.511. The van der Waals surface area contributed by atoms with Crippen LogP contribution >= 0.6 is 0 Å². The maximum atomic E-state index is 11.2. The van der Waals surface area contributed by atoms with Crippen LogP contribution in [-0.4, -0.2) is 25.7 Å². The van der Waals surface area contributed by atoms with E-state index in [0.717, 1.165) is 30.5 Å². The first-order chi connectivity index (χ1) is 7.19. The molecule has 1 unspecified atom stereocenters. The average Bonchev–Trinajstić information content (AvgIpc) is 2.21. The van der Waals surface area contributed by atoms with Gasteiger partial charge in [-0.15, -0.1) is 0 Å². The van der Waals surface area contributed by atoms with E-state index in [1.807, 2.05) is 12.2 Å². The second-order valence-electron chi connectivity index (χ2n) is 3.53. The van der Waals surface area contributed by atoms with E-state index in [4.69, 9.17) is 4.74 Å². The number of allylic oxidation sites excluding steroid dienone is 1. The molecule has 0 heterocycles. The van der Waals surface area contributed by atoms with E-state index >= 15 is 0 Å². The van der Waals surface area contributed by atoms with Crippen molar-refractivity contribution in [3.63, 3.8) is 0 Å². The molecule has 1 aliphatic rings. The Balaban J connectivity index is 2.70. The van der Waals surface area contributed by atoms with Gasteiger partial charge in [-0.05, 0) is 26.2 Å². The number of carbonyl (C=O) groups is 2. The molecule has 0 aromatic carbocycles. The van der Waals surface area contributed by atoms with Crippen molar-refractivity contribution in [2.45, 2.75) is 32.3 Å². The highest BCUT2D eigenvalue weighted by Crippen LogP contribution is 2.24. The van der Waals surface area contributed by atoms with E-state index < -0.39 is 6.03 Å². The number of carbonyl (C=O) groups excluding carboxylic acids is 2. The smallest absolute Gasteiger partial charge is 0.325 e. The van der Waals surface area contributed by atoms with E-state index in [1.165, 1.54) is 0 Å². The van der Waals surface area contributed by atoms with Gasteiger partial charge in [0, 0.05) is 12.8 Å². The van der Waals surface area contributed by atoms with Gasteiger partial charge in [0.05, 0.1) is 6.10 Å². The summed E-state index contributed by atoms with van der Waals surface area (Å²) in [6.07, 6.45) is 3.19. The third kappa shape index (κ3) is 3.06. The van der Waals surface area contributed by atoms with Gasteiger partial charge in [-0.25, -0.2) is 4.79 Å². The molecule has 0 saturated carbocycles. The molecule has 0 spiro atoms. The van der Waals surface area contributed by atoms with E-state index in [-0.39, 0.29) is 6.10 Å². The molecule has 0 bridgehead atoms. The van der Waals surface area contributed by atoms with Crippen molar-refractivity contribution < 1.29 is 14.3 Å². The van der Waals surface area contributed by atoms with Crippen LogP contribution in [0.1, 0.15) is 26.2 Å². The second-order valence-corrected chi connectivity index (χ2v) is 3.53. The van der Waals surface area contributed by atoms with E-state index in [1.54, 1.807) is 7.11 Å². The number of hydrogen-bond donors (Lipinski definition) is 2.